The van der Waals surface area contributed by atoms with Gasteiger partial charge in [0, 0.05) is 22.7 Å². The smallest absolute Gasteiger partial charge is 0.118 e. The zero-order chi connectivity index (χ0) is 11.3. The topological polar surface area (TPSA) is 59.1 Å². The zero-order valence-corrected chi connectivity index (χ0v) is 9.20. The molecule has 0 saturated heterocycles. The molecule has 3 rings (SSSR count). The van der Waals surface area contributed by atoms with Crippen LogP contribution in [0.25, 0.3) is 10.9 Å². The maximum absolute atomic E-state index is 9.70. The van der Waals surface area contributed by atoms with Crippen LogP contribution in [-0.4, -0.2) is 10.1 Å². The number of rotatable bonds is 1. The molecule has 3 heteroatoms. The van der Waals surface area contributed by atoms with Gasteiger partial charge in [0.15, 0.2) is 0 Å². The summed E-state index contributed by atoms with van der Waals surface area (Å²) in [5.41, 5.74) is 8.76. The average Bonchev–Trinajstić information content (AvgIpc) is 2.96. The SMILES string of the molecule is Cc1ccc2c(C3(N)CC3)cc(O)cc2n1. The molecule has 1 aliphatic carbocycles. The summed E-state index contributed by atoms with van der Waals surface area (Å²) < 4.78 is 0. The molecule has 1 saturated carbocycles. The molecule has 0 bridgehead atoms. The van der Waals surface area contributed by atoms with Gasteiger partial charge in [0.2, 0.25) is 0 Å². The van der Waals surface area contributed by atoms with E-state index in [1.165, 1.54) is 0 Å². The lowest BCUT2D eigenvalue weighted by molar-refractivity contribution is 0.474. The Balaban J connectivity index is 2.35. The highest BCUT2D eigenvalue weighted by molar-refractivity contribution is 5.85. The number of aryl methyl sites for hydroxylation is 1. The van der Waals surface area contributed by atoms with E-state index in [4.69, 9.17) is 5.73 Å². The molecule has 3 N–H and O–H groups in total. The van der Waals surface area contributed by atoms with Crippen molar-refractivity contribution in [1.29, 1.82) is 0 Å². The number of nitrogens with zero attached hydrogens (tertiary/aromatic N) is 1. The number of fused-ring (bicyclic) bond motifs is 1. The summed E-state index contributed by atoms with van der Waals surface area (Å²) >= 11 is 0. The minimum absolute atomic E-state index is 0.242. The molecule has 0 radical (unpaired) electrons. The molecule has 1 fully saturated rings. The second-order valence-electron chi connectivity index (χ2n) is 4.67. The Bertz CT molecular complexity index is 568. The summed E-state index contributed by atoms with van der Waals surface area (Å²) in [4.78, 5) is 4.42. The van der Waals surface area contributed by atoms with Crippen LogP contribution in [-0.2, 0) is 5.54 Å². The average molecular weight is 214 g/mol. The summed E-state index contributed by atoms with van der Waals surface area (Å²) in [5.74, 6) is 0.248. The van der Waals surface area contributed by atoms with Crippen molar-refractivity contribution in [2.75, 3.05) is 0 Å². The minimum Gasteiger partial charge on any atom is -0.508 e. The van der Waals surface area contributed by atoms with E-state index in [-0.39, 0.29) is 11.3 Å². The van der Waals surface area contributed by atoms with E-state index in [0.717, 1.165) is 35.0 Å². The van der Waals surface area contributed by atoms with E-state index >= 15 is 0 Å². The summed E-state index contributed by atoms with van der Waals surface area (Å²) in [5, 5.41) is 10.8. The second-order valence-corrected chi connectivity index (χ2v) is 4.67. The fourth-order valence-corrected chi connectivity index (χ4v) is 2.14. The molecule has 0 unspecified atom stereocenters. The van der Waals surface area contributed by atoms with Gasteiger partial charge < -0.3 is 10.8 Å². The van der Waals surface area contributed by atoms with Crippen molar-refractivity contribution in [3.63, 3.8) is 0 Å². The van der Waals surface area contributed by atoms with Crippen LogP contribution in [0.15, 0.2) is 24.3 Å². The number of hydrogen-bond donors (Lipinski definition) is 2. The fraction of sp³-hybridized carbons (Fsp3) is 0.308. The summed E-state index contributed by atoms with van der Waals surface area (Å²) in [6, 6.07) is 7.48. The molecule has 0 amide bonds. The monoisotopic (exact) mass is 214 g/mol. The molecule has 1 heterocycles. The second kappa shape index (κ2) is 2.95. The van der Waals surface area contributed by atoms with Crippen molar-refractivity contribution in [1.82, 2.24) is 4.98 Å². The third kappa shape index (κ3) is 1.36. The Kier molecular flexibility index (Phi) is 1.77. The number of aromatic nitrogens is 1. The Morgan fingerprint density at radius 2 is 2.06 bits per heavy atom. The van der Waals surface area contributed by atoms with Crippen LogP contribution in [0.3, 0.4) is 0 Å². The predicted octanol–water partition coefficient (Wildman–Crippen LogP) is 2.20. The lowest BCUT2D eigenvalue weighted by Crippen LogP contribution is -2.19. The molecule has 1 aliphatic rings. The normalized spacial score (nSPS) is 17.6. The first-order valence-corrected chi connectivity index (χ1v) is 5.48. The first kappa shape index (κ1) is 9.60. The number of hydrogen-bond acceptors (Lipinski definition) is 3. The lowest BCUT2D eigenvalue weighted by Gasteiger charge is -2.13. The van der Waals surface area contributed by atoms with E-state index in [0.29, 0.717) is 0 Å². The van der Waals surface area contributed by atoms with Gasteiger partial charge in [-0.2, -0.15) is 0 Å². The number of nitrogens with two attached hydrogens (primary N) is 1. The molecule has 82 valence electrons. The summed E-state index contributed by atoms with van der Waals surface area (Å²) in [7, 11) is 0. The van der Waals surface area contributed by atoms with Gasteiger partial charge in [-0.25, -0.2) is 0 Å². The van der Waals surface area contributed by atoms with Crippen LogP contribution in [0.1, 0.15) is 24.1 Å². The highest BCUT2D eigenvalue weighted by Crippen LogP contribution is 2.46. The van der Waals surface area contributed by atoms with Crippen molar-refractivity contribution in [3.05, 3.63) is 35.5 Å². The van der Waals surface area contributed by atoms with Crippen LogP contribution < -0.4 is 5.73 Å². The Labute approximate surface area is 93.9 Å². The predicted molar refractivity (Wildman–Crippen MR) is 63.2 cm³/mol. The summed E-state index contributed by atoms with van der Waals surface area (Å²) in [6.07, 6.45) is 1.97. The largest absolute Gasteiger partial charge is 0.508 e. The van der Waals surface area contributed by atoms with Gasteiger partial charge in [-0.1, -0.05) is 6.07 Å². The van der Waals surface area contributed by atoms with E-state index in [9.17, 15) is 5.11 Å². The Hall–Kier alpha value is -1.61. The molecule has 16 heavy (non-hydrogen) atoms. The van der Waals surface area contributed by atoms with E-state index in [2.05, 4.69) is 4.98 Å². The molecule has 0 atom stereocenters. The minimum atomic E-state index is -0.242. The van der Waals surface area contributed by atoms with Gasteiger partial charge >= 0.3 is 0 Å². The van der Waals surface area contributed by atoms with Gasteiger partial charge in [0.25, 0.3) is 0 Å². The third-order valence-corrected chi connectivity index (χ3v) is 3.26. The molecule has 2 aromatic rings. The highest BCUT2D eigenvalue weighted by Gasteiger charge is 2.41. The molecule has 0 aliphatic heterocycles. The van der Waals surface area contributed by atoms with Crippen LogP contribution in [0.5, 0.6) is 5.75 Å². The molecule has 1 aromatic heterocycles. The molecule has 1 aromatic carbocycles. The van der Waals surface area contributed by atoms with Gasteiger partial charge in [-0.05, 0) is 37.5 Å². The van der Waals surface area contributed by atoms with E-state index in [1.807, 2.05) is 19.1 Å². The highest BCUT2D eigenvalue weighted by atomic mass is 16.3. The zero-order valence-electron chi connectivity index (χ0n) is 9.20. The van der Waals surface area contributed by atoms with Crippen LogP contribution in [0.4, 0.5) is 0 Å². The van der Waals surface area contributed by atoms with Gasteiger partial charge in [0.1, 0.15) is 5.75 Å². The van der Waals surface area contributed by atoms with Gasteiger partial charge in [0.05, 0.1) is 5.52 Å². The molecular formula is C13H14N2O. The van der Waals surface area contributed by atoms with Crippen molar-refractivity contribution in [2.45, 2.75) is 25.3 Å². The number of aromatic hydroxyl groups is 1. The lowest BCUT2D eigenvalue weighted by atomic mass is 9.99. The third-order valence-electron chi connectivity index (χ3n) is 3.26. The van der Waals surface area contributed by atoms with Crippen molar-refractivity contribution >= 4 is 10.9 Å². The maximum atomic E-state index is 9.70. The van der Waals surface area contributed by atoms with Crippen molar-refractivity contribution < 1.29 is 5.11 Å². The number of phenolic OH excluding ortho intramolecular Hbond substituents is 1. The first-order valence-electron chi connectivity index (χ1n) is 5.48. The molecule has 3 nitrogen and oxygen atoms in total. The number of benzene rings is 1. The van der Waals surface area contributed by atoms with Crippen molar-refractivity contribution in [3.8, 4) is 5.75 Å². The van der Waals surface area contributed by atoms with E-state index < -0.39 is 0 Å². The van der Waals surface area contributed by atoms with Gasteiger partial charge in [-0.3, -0.25) is 4.98 Å². The van der Waals surface area contributed by atoms with Gasteiger partial charge in [-0.15, -0.1) is 0 Å². The Morgan fingerprint density at radius 1 is 1.31 bits per heavy atom. The molecule has 0 spiro atoms. The Morgan fingerprint density at radius 3 is 2.75 bits per heavy atom. The van der Waals surface area contributed by atoms with E-state index in [1.54, 1.807) is 12.1 Å². The molecular weight excluding hydrogens is 200 g/mol. The summed E-state index contributed by atoms with van der Waals surface area (Å²) in [6.45, 7) is 1.94. The maximum Gasteiger partial charge on any atom is 0.118 e. The number of pyridine rings is 1. The van der Waals surface area contributed by atoms with Crippen LogP contribution >= 0.6 is 0 Å². The number of phenols is 1. The quantitative estimate of drug-likeness (QED) is 0.765. The van der Waals surface area contributed by atoms with Crippen LogP contribution in [0, 0.1) is 6.92 Å². The first-order chi connectivity index (χ1) is 7.58. The van der Waals surface area contributed by atoms with Crippen LogP contribution in [0.2, 0.25) is 0 Å². The fourth-order valence-electron chi connectivity index (χ4n) is 2.14. The van der Waals surface area contributed by atoms with Crippen molar-refractivity contribution in [2.24, 2.45) is 5.73 Å². The standard InChI is InChI=1S/C13H14N2O/c1-8-2-3-10-11(13(14)4-5-13)6-9(16)7-12(10)15-8/h2-3,6-7,16H,4-5,14H2,1H3.